The molecule has 5 rings (SSSR count). The van der Waals surface area contributed by atoms with Gasteiger partial charge >= 0.3 is 0 Å². The minimum atomic E-state index is -0.277. The van der Waals surface area contributed by atoms with Gasteiger partial charge in [-0.25, -0.2) is 4.39 Å². The Balaban J connectivity index is 1.24. The van der Waals surface area contributed by atoms with Crippen molar-refractivity contribution in [3.05, 3.63) is 70.7 Å². The summed E-state index contributed by atoms with van der Waals surface area (Å²) in [5.41, 5.74) is 5.13. The lowest BCUT2D eigenvalue weighted by Gasteiger charge is -2.37. The fourth-order valence-electron chi connectivity index (χ4n) is 5.87. The average molecular weight is 491 g/mol. The predicted molar refractivity (Wildman–Crippen MR) is 139 cm³/mol. The molecule has 0 spiro atoms. The van der Waals surface area contributed by atoms with Gasteiger partial charge in [0.05, 0.1) is 6.54 Å². The number of H-pyrrole nitrogens is 1. The molecule has 2 atom stereocenters. The Morgan fingerprint density at radius 3 is 2.78 bits per heavy atom. The number of nitrogens with one attached hydrogen (secondary N) is 2. The van der Waals surface area contributed by atoms with Crippen LogP contribution in [0.4, 0.5) is 4.39 Å². The molecule has 190 valence electrons. The summed E-state index contributed by atoms with van der Waals surface area (Å²) in [6.45, 7) is 6.02. The normalized spacial score (nSPS) is 20.9. The Morgan fingerprint density at radius 1 is 1.11 bits per heavy atom. The van der Waals surface area contributed by atoms with E-state index in [0.717, 1.165) is 49.0 Å². The van der Waals surface area contributed by atoms with Crippen LogP contribution in [-0.4, -0.2) is 51.8 Å². The van der Waals surface area contributed by atoms with Crippen molar-refractivity contribution >= 4 is 22.7 Å². The highest BCUT2D eigenvalue weighted by Crippen LogP contribution is 2.31. The van der Waals surface area contributed by atoms with Gasteiger partial charge in [0.2, 0.25) is 11.8 Å². The van der Waals surface area contributed by atoms with E-state index in [-0.39, 0.29) is 36.3 Å². The molecule has 2 aliphatic heterocycles. The molecule has 0 saturated carbocycles. The van der Waals surface area contributed by atoms with Crippen LogP contribution in [0, 0.1) is 19.7 Å². The average Bonchev–Trinajstić information content (AvgIpc) is 3.37. The molecular weight excluding hydrogens is 455 g/mol. The standard InChI is InChI=1S/C29H35FN4O2/c1-19-20(2)32-25-12-11-21(15-23(19)25)16-31-28(35)18-33-14-13-27-26(33)9-5-6-10-29(36)34(27)17-22-7-3-4-8-24(22)30/h3-4,7-8,11-12,15,26-27,32H,5-6,9-10,13-14,16-18H2,1-2H3,(H,31,35)/t26-,27+/m1/s1. The number of carbonyl (C=O) groups is 2. The van der Waals surface area contributed by atoms with Gasteiger partial charge in [0.15, 0.2) is 0 Å². The zero-order valence-corrected chi connectivity index (χ0v) is 21.1. The van der Waals surface area contributed by atoms with Crippen molar-refractivity contribution in [3.63, 3.8) is 0 Å². The predicted octanol–water partition coefficient (Wildman–Crippen LogP) is 4.59. The van der Waals surface area contributed by atoms with E-state index < -0.39 is 0 Å². The van der Waals surface area contributed by atoms with Gasteiger partial charge in [-0.1, -0.05) is 30.7 Å². The van der Waals surface area contributed by atoms with Crippen molar-refractivity contribution in [1.82, 2.24) is 20.1 Å². The summed E-state index contributed by atoms with van der Waals surface area (Å²) in [5.74, 6) is -0.196. The number of aromatic amines is 1. The van der Waals surface area contributed by atoms with E-state index in [2.05, 4.69) is 41.2 Å². The Morgan fingerprint density at radius 2 is 1.94 bits per heavy atom. The van der Waals surface area contributed by atoms with Crippen molar-refractivity contribution in [2.45, 2.75) is 71.1 Å². The van der Waals surface area contributed by atoms with Crippen LogP contribution in [0.5, 0.6) is 0 Å². The van der Waals surface area contributed by atoms with Crippen molar-refractivity contribution in [3.8, 4) is 0 Å². The molecule has 3 heterocycles. The van der Waals surface area contributed by atoms with E-state index >= 15 is 0 Å². The summed E-state index contributed by atoms with van der Waals surface area (Å²) in [6.07, 6.45) is 4.05. The fraction of sp³-hybridized carbons (Fsp3) is 0.448. The zero-order chi connectivity index (χ0) is 25.2. The number of carbonyl (C=O) groups excluding carboxylic acids is 2. The largest absolute Gasteiger partial charge is 0.358 e. The van der Waals surface area contributed by atoms with Crippen LogP contribution in [0.15, 0.2) is 42.5 Å². The highest BCUT2D eigenvalue weighted by atomic mass is 19.1. The summed E-state index contributed by atoms with van der Waals surface area (Å²) in [7, 11) is 0. The van der Waals surface area contributed by atoms with Gasteiger partial charge in [-0.15, -0.1) is 0 Å². The molecule has 2 aromatic carbocycles. The minimum Gasteiger partial charge on any atom is -0.358 e. The van der Waals surface area contributed by atoms with E-state index in [1.165, 1.54) is 17.0 Å². The SMILES string of the molecule is Cc1[nH]c2ccc(CNC(=O)CN3CC[C@H]4[C@H]3CCCCC(=O)N4Cc3ccccc3F)cc2c1C. The van der Waals surface area contributed by atoms with E-state index in [0.29, 0.717) is 25.1 Å². The number of aryl methyl sites for hydroxylation is 2. The van der Waals surface area contributed by atoms with Crippen LogP contribution in [0.3, 0.4) is 0 Å². The van der Waals surface area contributed by atoms with Gasteiger partial charge in [0, 0.05) is 60.3 Å². The zero-order valence-electron chi connectivity index (χ0n) is 21.1. The smallest absolute Gasteiger partial charge is 0.234 e. The monoisotopic (exact) mass is 490 g/mol. The van der Waals surface area contributed by atoms with Gasteiger partial charge in [-0.3, -0.25) is 14.5 Å². The third-order valence-corrected chi connectivity index (χ3v) is 7.99. The highest BCUT2D eigenvalue weighted by Gasteiger charge is 2.40. The van der Waals surface area contributed by atoms with Gasteiger partial charge in [0.1, 0.15) is 5.82 Å². The van der Waals surface area contributed by atoms with E-state index in [4.69, 9.17) is 0 Å². The van der Waals surface area contributed by atoms with Crippen LogP contribution in [-0.2, 0) is 22.7 Å². The van der Waals surface area contributed by atoms with Gasteiger partial charge in [-0.2, -0.15) is 0 Å². The van der Waals surface area contributed by atoms with Gasteiger partial charge in [0.25, 0.3) is 0 Å². The van der Waals surface area contributed by atoms with E-state index in [1.807, 2.05) is 17.0 Å². The summed E-state index contributed by atoms with van der Waals surface area (Å²) in [4.78, 5) is 33.4. The molecule has 7 heteroatoms. The molecule has 2 aliphatic rings. The molecule has 3 aromatic rings. The molecule has 0 aliphatic carbocycles. The van der Waals surface area contributed by atoms with E-state index in [9.17, 15) is 14.0 Å². The summed E-state index contributed by atoms with van der Waals surface area (Å²) in [5, 5.41) is 4.28. The number of hydrogen-bond acceptors (Lipinski definition) is 3. The number of benzene rings is 2. The van der Waals surface area contributed by atoms with Crippen LogP contribution < -0.4 is 5.32 Å². The Labute approximate surface area is 211 Å². The molecule has 6 nitrogen and oxygen atoms in total. The Kier molecular flexibility index (Phi) is 7.10. The first-order valence-electron chi connectivity index (χ1n) is 13.0. The van der Waals surface area contributed by atoms with Crippen molar-refractivity contribution in [2.24, 2.45) is 0 Å². The quantitative estimate of drug-likeness (QED) is 0.531. The van der Waals surface area contributed by atoms with E-state index in [1.54, 1.807) is 12.1 Å². The van der Waals surface area contributed by atoms with Crippen LogP contribution in [0.1, 0.15) is 54.5 Å². The summed E-state index contributed by atoms with van der Waals surface area (Å²) in [6, 6.07) is 13.1. The molecule has 0 unspecified atom stereocenters. The second kappa shape index (κ2) is 10.4. The number of aromatic nitrogens is 1. The molecule has 2 fully saturated rings. The summed E-state index contributed by atoms with van der Waals surface area (Å²) >= 11 is 0. The number of nitrogens with zero attached hydrogens (tertiary/aromatic N) is 2. The van der Waals surface area contributed by atoms with Crippen molar-refractivity contribution in [1.29, 1.82) is 0 Å². The summed E-state index contributed by atoms with van der Waals surface area (Å²) < 4.78 is 14.4. The lowest BCUT2D eigenvalue weighted by Crippen LogP contribution is -2.50. The topological polar surface area (TPSA) is 68.4 Å². The minimum absolute atomic E-state index is 0.00687. The number of hydrogen-bond donors (Lipinski definition) is 2. The highest BCUT2D eigenvalue weighted by molar-refractivity contribution is 5.85. The number of likely N-dealkylation sites (tertiary alicyclic amines) is 2. The van der Waals surface area contributed by atoms with Crippen molar-refractivity contribution < 1.29 is 14.0 Å². The molecular formula is C29H35FN4O2. The van der Waals surface area contributed by atoms with Gasteiger partial charge in [-0.05, 0) is 62.4 Å². The molecule has 2 amide bonds. The maximum atomic E-state index is 14.4. The number of fused-ring (bicyclic) bond motifs is 2. The number of halogens is 1. The van der Waals surface area contributed by atoms with Crippen LogP contribution >= 0.6 is 0 Å². The first kappa shape index (κ1) is 24.5. The second-order valence-corrected chi connectivity index (χ2v) is 10.3. The van der Waals surface area contributed by atoms with Crippen molar-refractivity contribution in [2.75, 3.05) is 13.1 Å². The molecule has 0 radical (unpaired) electrons. The Hall–Kier alpha value is -3.19. The third kappa shape index (κ3) is 5.03. The van der Waals surface area contributed by atoms with Crippen LogP contribution in [0.2, 0.25) is 0 Å². The fourth-order valence-corrected chi connectivity index (χ4v) is 5.87. The molecule has 2 N–H and O–H groups in total. The Bertz CT molecular complexity index is 1270. The van der Waals surface area contributed by atoms with Crippen LogP contribution in [0.25, 0.3) is 10.9 Å². The molecule has 36 heavy (non-hydrogen) atoms. The molecule has 1 aromatic heterocycles. The first-order valence-corrected chi connectivity index (χ1v) is 13.0. The maximum absolute atomic E-state index is 14.4. The first-order chi connectivity index (χ1) is 17.4. The molecule has 2 saturated heterocycles. The van der Waals surface area contributed by atoms with Gasteiger partial charge < -0.3 is 15.2 Å². The number of amides is 2. The lowest BCUT2D eigenvalue weighted by molar-refractivity contribution is -0.135. The maximum Gasteiger partial charge on any atom is 0.234 e. The molecule has 0 bridgehead atoms. The number of rotatable bonds is 6. The second-order valence-electron chi connectivity index (χ2n) is 10.3. The lowest BCUT2D eigenvalue weighted by atomic mass is 9.96. The third-order valence-electron chi connectivity index (χ3n) is 7.99.